The molecule has 4 aliphatic rings. The van der Waals surface area contributed by atoms with Crippen LogP contribution in [0.4, 0.5) is 14.5 Å². The molecule has 270 valence electrons. The number of aliphatic hydroxyl groups is 1. The maximum absolute atomic E-state index is 15.3. The van der Waals surface area contributed by atoms with Gasteiger partial charge in [0.15, 0.2) is 0 Å². The summed E-state index contributed by atoms with van der Waals surface area (Å²) >= 11 is 0. The van der Waals surface area contributed by atoms with Gasteiger partial charge in [0.25, 0.3) is 0 Å². The SMILES string of the molecule is CC(C)(O)c1cc2n[nH]cc2c(C2CCC(N3CCNCC3C3CN(c4cc(F)c([C@H]5CCC(=O)NC5=O)c(F)c4)C3)CC2)c1-n1nccc1O. The minimum atomic E-state index is -1.20. The van der Waals surface area contributed by atoms with Gasteiger partial charge in [0, 0.05) is 91.6 Å². The first-order valence-corrected chi connectivity index (χ1v) is 18.0. The summed E-state index contributed by atoms with van der Waals surface area (Å²) in [6.07, 6.45) is 7.38. The Kier molecular flexibility index (Phi) is 8.58. The van der Waals surface area contributed by atoms with Gasteiger partial charge in [0.05, 0.1) is 28.9 Å². The molecule has 12 nitrogen and oxygen atoms in total. The molecule has 3 saturated heterocycles. The maximum Gasteiger partial charge on any atom is 0.234 e. The molecule has 4 aromatic rings. The van der Waals surface area contributed by atoms with Crippen LogP contribution in [0.25, 0.3) is 16.6 Å². The molecule has 4 fully saturated rings. The molecule has 2 atom stereocenters. The number of hydrogen-bond donors (Lipinski definition) is 5. The number of hydrogen-bond acceptors (Lipinski definition) is 9. The van der Waals surface area contributed by atoms with E-state index >= 15 is 8.78 Å². The number of halogens is 2. The number of carbonyl (C=O) groups excluding carboxylic acids is 2. The average Bonchev–Trinajstić information content (AvgIpc) is 3.72. The molecule has 14 heteroatoms. The summed E-state index contributed by atoms with van der Waals surface area (Å²) in [5.74, 6) is -3.12. The van der Waals surface area contributed by atoms with Gasteiger partial charge in [-0.15, -0.1) is 0 Å². The normalized spacial score (nSPS) is 25.3. The summed E-state index contributed by atoms with van der Waals surface area (Å²) < 4.78 is 32.1. The monoisotopic (exact) mass is 702 g/mol. The largest absolute Gasteiger partial charge is 0.493 e. The number of piperidine rings is 1. The minimum Gasteiger partial charge on any atom is -0.493 e. The lowest BCUT2D eigenvalue weighted by molar-refractivity contribution is -0.134. The number of benzene rings is 2. The van der Waals surface area contributed by atoms with Crippen molar-refractivity contribution < 1.29 is 28.6 Å². The zero-order valence-electron chi connectivity index (χ0n) is 28.8. The number of carbonyl (C=O) groups is 2. The van der Waals surface area contributed by atoms with E-state index in [1.54, 1.807) is 26.1 Å². The number of H-pyrrole nitrogens is 1. The van der Waals surface area contributed by atoms with Crippen LogP contribution in [0.5, 0.6) is 5.88 Å². The second-order valence-electron chi connectivity index (χ2n) is 15.2. The van der Waals surface area contributed by atoms with Gasteiger partial charge in [-0.1, -0.05) is 0 Å². The van der Waals surface area contributed by atoms with Crippen molar-refractivity contribution in [3.8, 4) is 11.6 Å². The zero-order chi connectivity index (χ0) is 35.6. The summed E-state index contributed by atoms with van der Waals surface area (Å²) in [7, 11) is 0. The lowest BCUT2D eigenvalue weighted by atomic mass is 9.76. The van der Waals surface area contributed by atoms with Crippen molar-refractivity contribution in [2.45, 2.75) is 81.9 Å². The highest BCUT2D eigenvalue weighted by atomic mass is 19.1. The van der Waals surface area contributed by atoms with Crippen LogP contribution in [0, 0.1) is 17.6 Å². The first kappa shape index (κ1) is 33.7. The Labute approximate surface area is 294 Å². The number of aromatic hydroxyl groups is 1. The highest BCUT2D eigenvalue weighted by molar-refractivity contribution is 6.01. The molecule has 51 heavy (non-hydrogen) atoms. The van der Waals surface area contributed by atoms with Crippen LogP contribution in [0.3, 0.4) is 0 Å². The number of nitrogens with one attached hydrogen (secondary N) is 3. The summed E-state index contributed by atoms with van der Waals surface area (Å²) in [6, 6.07) is 6.72. The fourth-order valence-corrected chi connectivity index (χ4v) is 9.03. The maximum atomic E-state index is 15.3. The fraction of sp³-hybridized carbons (Fsp3) is 0.514. The fourth-order valence-electron chi connectivity index (χ4n) is 9.03. The van der Waals surface area contributed by atoms with Crippen molar-refractivity contribution in [3.05, 3.63) is 65.0 Å². The highest BCUT2D eigenvalue weighted by Gasteiger charge is 2.42. The quantitative estimate of drug-likeness (QED) is 0.181. The van der Waals surface area contributed by atoms with Crippen LogP contribution < -0.4 is 15.5 Å². The van der Waals surface area contributed by atoms with E-state index in [9.17, 15) is 19.8 Å². The molecule has 0 radical (unpaired) electrons. The van der Waals surface area contributed by atoms with E-state index in [2.05, 4.69) is 30.8 Å². The number of anilines is 1. The number of nitrogens with zero attached hydrogens (tertiary/aromatic N) is 5. The van der Waals surface area contributed by atoms with Crippen molar-refractivity contribution in [2.75, 3.05) is 37.6 Å². The number of rotatable bonds is 7. The molecular formula is C37H44F2N8O4. The number of fused-ring (bicyclic) bond motifs is 1. The van der Waals surface area contributed by atoms with Crippen LogP contribution >= 0.6 is 0 Å². The van der Waals surface area contributed by atoms with Gasteiger partial charge in [-0.2, -0.15) is 10.2 Å². The molecule has 2 amide bonds. The van der Waals surface area contributed by atoms with E-state index in [1.807, 2.05) is 17.2 Å². The summed E-state index contributed by atoms with van der Waals surface area (Å²) in [5.41, 5.74) is 2.14. The van der Waals surface area contributed by atoms with Gasteiger partial charge >= 0.3 is 0 Å². The molecule has 1 unspecified atom stereocenters. The van der Waals surface area contributed by atoms with Crippen LogP contribution in [-0.2, 0) is 15.2 Å². The number of imide groups is 1. The summed E-state index contributed by atoms with van der Waals surface area (Å²) in [4.78, 5) is 28.5. The Morgan fingerprint density at radius 3 is 2.41 bits per heavy atom. The smallest absolute Gasteiger partial charge is 0.234 e. The van der Waals surface area contributed by atoms with Crippen LogP contribution in [0.2, 0.25) is 0 Å². The molecule has 8 rings (SSSR count). The molecule has 0 bridgehead atoms. The lowest BCUT2D eigenvalue weighted by Gasteiger charge is -2.52. The van der Waals surface area contributed by atoms with Crippen LogP contribution in [0.15, 0.2) is 36.7 Å². The van der Waals surface area contributed by atoms with Crippen molar-refractivity contribution in [2.24, 2.45) is 5.92 Å². The van der Waals surface area contributed by atoms with E-state index in [0.717, 1.165) is 61.8 Å². The predicted octanol–water partition coefficient (Wildman–Crippen LogP) is 3.92. The third kappa shape index (κ3) is 6.06. The summed E-state index contributed by atoms with van der Waals surface area (Å²) in [6.45, 7) is 7.50. The van der Waals surface area contributed by atoms with Crippen molar-refractivity contribution >= 4 is 28.4 Å². The van der Waals surface area contributed by atoms with E-state index in [4.69, 9.17) is 0 Å². The summed E-state index contributed by atoms with van der Waals surface area (Å²) in [5, 5.41) is 40.7. The van der Waals surface area contributed by atoms with Gasteiger partial charge in [-0.05, 0) is 75.6 Å². The standard InChI is InChI=1S/C37H44F2N8O4/c1-37(2,51)26-15-29-25(16-41-44-29)33(35(26)47-32(49)9-10-42-47)20-3-5-22(6-4-20)46-12-11-40-17-30(46)21-18-45(19-21)23-13-27(38)34(28(39)14-23)24-7-8-31(48)43-36(24)50/h9-10,13-16,20-22,24,30,40,49,51H,3-8,11-12,17-19H2,1-2H3,(H,41,44)(H,43,48,50)/t20?,22?,24-,30?/m1/s1. The first-order chi connectivity index (χ1) is 24.5. The number of aromatic amines is 1. The second kappa shape index (κ2) is 13.0. The number of piperazine rings is 1. The predicted molar refractivity (Wildman–Crippen MR) is 186 cm³/mol. The van der Waals surface area contributed by atoms with E-state index in [-0.39, 0.29) is 36.2 Å². The Bertz CT molecular complexity index is 1950. The molecular weight excluding hydrogens is 658 g/mol. The van der Waals surface area contributed by atoms with Crippen molar-refractivity contribution in [1.82, 2.24) is 35.5 Å². The van der Waals surface area contributed by atoms with E-state index in [0.29, 0.717) is 42.0 Å². The molecule has 1 saturated carbocycles. The molecule has 2 aromatic carbocycles. The van der Waals surface area contributed by atoms with Gasteiger partial charge in [-0.3, -0.25) is 24.9 Å². The third-order valence-electron chi connectivity index (χ3n) is 11.6. The zero-order valence-corrected chi connectivity index (χ0v) is 28.8. The molecule has 2 aromatic heterocycles. The van der Waals surface area contributed by atoms with Gasteiger partial charge in [0.1, 0.15) is 11.6 Å². The van der Waals surface area contributed by atoms with E-state index in [1.165, 1.54) is 16.8 Å². The van der Waals surface area contributed by atoms with Gasteiger partial charge in [0.2, 0.25) is 17.7 Å². The second-order valence-corrected chi connectivity index (χ2v) is 15.2. The molecule has 5 heterocycles. The Balaban J connectivity index is 0.978. The molecule has 5 N–H and O–H groups in total. The molecule has 0 spiro atoms. The molecule has 3 aliphatic heterocycles. The van der Waals surface area contributed by atoms with Crippen molar-refractivity contribution in [3.63, 3.8) is 0 Å². The van der Waals surface area contributed by atoms with Gasteiger partial charge < -0.3 is 20.4 Å². The van der Waals surface area contributed by atoms with Crippen LogP contribution in [-0.4, -0.2) is 91.7 Å². The topological polar surface area (TPSA) is 152 Å². The van der Waals surface area contributed by atoms with E-state index < -0.39 is 35.0 Å². The lowest BCUT2D eigenvalue weighted by Crippen LogP contribution is -2.65. The minimum absolute atomic E-state index is 0.00668. The molecule has 1 aliphatic carbocycles. The highest BCUT2D eigenvalue weighted by Crippen LogP contribution is 2.45. The Morgan fingerprint density at radius 2 is 1.75 bits per heavy atom. The number of amides is 2. The van der Waals surface area contributed by atoms with Crippen molar-refractivity contribution in [1.29, 1.82) is 0 Å². The first-order valence-electron chi connectivity index (χ1n) is 18.0. The average molecular weight is 703 g/mol. The van der Waals surface area contributed by atoms with Gasteiger partial charge in [-0.25, -0.2) is 13.5 Å². The number of aromatic nitrogens is 4. The van der Waals surface area contributed by atoms with Crippen LogP contribution in [0.1, 0.15) is 80.9 Å². The third-order valence-corrected chi connectivity index (χ3v) is 11.6. The Morgan fingerprint density at radius 1 is 1.00 bits per heavy atom. The Hall–Kier alpha value is -4.40.